The van der Waals surface area contributed by atoms with Gasteiger partial charge in [-0.1, -0.05) is 12.1 Å². The molecule has 0 spiro atoms. The number of aromatic hydroxyl groups is 1. The number of phenolic OH excluding ortho intramolecular Hbond substituents is 1. The highest BCUT2D eigenvalue weighted by Gasteiger charge is 2.05. The van der Waals surface area contributed by atoms with Crippen molar-refractivity contribution < 1.29 is 9.84 Å². The lowest BCUT2D eigenvalue weighted by Crippen LogP contribution is -2.00. The average Bonchev–Trinajstić information content (AvgIpc) is 2.95. The minimum absolute atomic E-state index is 0.146. The number of ether oxygens (including phenoxy) is 1. The van der Waals surface area contributed by atoms with Gasteiger partial charge in [-0.05, 0) is 29.8 Å². The van der Waals surface area contributed by atoms with Gasteiger partial charge in [0.2, 0.25) is 0 Å². The first-order valence-corrected chi connectivity index (χ1v) is 6.30. The highest BCUT2D eigenvalue weighted by Crippen LogP contribution is 2.27. The van der Waals surface area contributed by atoms with Crippen molar-refractivity contribution in [1.82, 2.24) is 10.2 Å². The molecule has 0 bridgehead atoms. The van der Waals surface area contributed by atoms with Crippen LogP contribution in [0.2, 0.25) is 0 Å². The summed E-state index contributed by atoms with van der Waals surface area (Å²) in [6.07, 6.45) is 1.80. The Kier molecular flexibility index (Phi) is 3.16. The normalized spacial score (nSPS) is 10.7. The zero-order valence-electron chi connectivity index (χ0n) is 11.1. The number of anilines is 1. The molecule has 0 unspecified atom stereocenters. The van der Waals surface area contributed by atoms with Crippen molar-refractivity contribution >= 4 is 16.6 Å². The number of fused-ring (bicyclic) bond motifs is 1. The van der Waals surface area contributed by atoms with Crippen LogP contribution >= 0.6 is 0 Å². The zero-order chi connectivity index (χ0) is 13.9. The summed E-state index contributed by atoms with van der Waals surface area (Å²) in [4.78, 5) is 0. The van der Waals surface area contributed by atoms with Crippen LogP contribution in [0.1, 0.15) is 5.56 Å². The van der Waals surface area contributed by atoms with Crippen LogP contribution in [-0.2, 0) is 6.54 Å². The maximum atomic E-state index is 9.58. The van der Waals surface area contributed by atoms with Gasteiger partial charge in [0.25, 0.3) is 0 Å². The summed E-state index contributed by atoms with van der Waals surface area (Å²) < 4.78 is 5.10. The first-order valence-electron chi connectivity index (χ1n) is 6.30. The van der Waals surface area contributed by atoms with E-state index in [1.54, 1.807) is 19.4 Å². The Morgan fingerprint density at radius 1 is 1.30 bits per heavy atom. The van der Waals surface area contributed by atoms with E-state index in [0.29, 0.717) is 12.3 Å². The molecule has 3 N–H and O–H groups in total. The van der Waals surface area contributed by atoms with Crippen molar-refractivity contribution in [3.63, 3.8) is 0 Å². The van der Waals surface area contributed by atoms with Gasteiger partial charge >= 0.3 is 0 Å². The zero-order valence-corrected chi connectivity index (χ0v) is 11.1. The number of aromatic amines is 1. The standard InChI is InChI=1S/C15H15N3O2/c1-20-15-7-10(5-6-14(15)19)8-16-12-3-2-4-13-11(12)9-17-18-13/h2-7,9,16,19H,8H2,1H3,(H,17,18). The van der Waals surface area contributed by atoms with E-state index < -0.39 is 0 Å². The molecule has 0 aliphatic carbocycles. The molecule has 0 radical (unpaired) electrons. The van der Waals surface area contributed by atoms with Crippen molar-refractivity contribution in [2.24, 2.45) is 0 Å². The molecule has 5 nitrogen and oxygen atoms in total. The quantitative estimate of drug-likeness (QED) is 0.681. The fourth-order valence-electron chi connectivity index (χ4n) is 2.15. The maximum absolute atomic E-state index is 9.58. The molecule has 20 heavy (non-hydrogen) atoms. The molecule has 0 fully saturated rings. The molecule has 2 aromatic carbocycles. The Morgan fingerprint density at radius 2 is 2.20 bits per heavy atom. The number of H-pyrrole nitrogens is 1. The van der Waals surface area contributed by atoms with Crippen molar-refractivity contribution in [3.8, 4) is 11.5 Å². The van der Waals surface area contributed by atoms with Gasteiger partial charge in [0.15, 0.2) is 11.5 Å². The number of methoxy groups -OCH3 is 1. The molecule has 0 aliphatic rings. The third-order valence-electron chi connectivity index (χ3n) is 3.21. The van der Waals surface area contributed by atoms with E-state index in [2.05, 4.69) is 15.5 Å². The summed E-state index contributed by atoms with van der Waals surface area (Å²) in [5.41, 5.74) is 3.04. The summed E-state index contributed by atoms with van der Waals surface area (Å²) in [7, 11) is 1.54. The predicted molar refractivity (Wildman–Crippen MR) is 78.1 cm³/mol. The van der Waals surface area contributed by atoms with Gasteiger partial charge < -0.3 is 15.2 Å². The van der Waals surface area contributed by atoms with E-state index in [-0.39, 0.29) is 5.75 Å². The fourth-order valence-corrected chi connectivity index (χ4v) is 2.15. The number of nitrogens with zero attached hydrogens (tertiary/aromatic N) is 1. The molecule has 3 rings (SSSR count). The van der Waals surface area contributed by atoms with E-state index in [4.69, 9.17) is 4.74 Å². The van der Waals surface area contributed by atoms with Crippen LogP contribution in [0, 0.1) is 0 Å². The molecular weight excluding hydrogens is 254 g/mol. The Morgan fingerprint density at radius 3 is 3.05 bits per heavy atom. The number of benzene rings is 2. The smallest absolute Gasteiger partial charge is 0.160 e. The fraction of sp³-hybridized carbons (Fsp3) is 0.133. The van der Waals surface area contributed by atoms with E-state index in [1.165, 1.54) is 0 Å². The Balaban J connectivity index is 1.81. The van der Waals surface area contributed by atoms with Crippen LogP contribution in [0.4, 0.5) is 5.69 Å². The number of phenols is 1. The van der Waals surface area contributed by atoms with Crippen molar-refractivity contribution in [2.45, 2.75) is 6.54 Å². The minimum Gasteiger partial charge on any atom is -0.504 e. The van der Waals surface area contributed by atoms with Crippen molar-refractivity contribution in [1.29, 1.82) is 0 Å². The first-order chi connectivity index (χ1) is 9.78. The Labute approximate surface area is 116 Å². The topological polar surface area (TPSA) is 70.2 Å². The predicted octanol–water partition coefficient (Wildman–Crippen LogP) is 2.89. The lowest BCUT2D eigenvalue weighted by Gasteiger charge is -2.09. The monoisotopic (exact) mass is 269 g/mol. The molecule has 0 saturated heterocycles. The second-order valence-corrected chi connectivity index (χ2v) is 4.50. The van der Waals surface area contributed by atoms with Gasteiger partial charge in [0.1, 0.15) is 0 Å². The molecule has 5 heteroatoms. The Hall–Kier alpha value is -2.69. The molecule has 0 saturated carbocycles. The summed E-state index contributed by atoms with van der Waals surface area (Å²) in [5, 5.41) is 21.0. The highest BCUT2D eigenvalue weighted by molar-refractivity contribution is 5.90. The van der Waals surface area contributed by atoms with Gasteiger partial charge in [-0.2, -0.15) is 5.10 Å². The largest absolute Gasteiger partial charge is 0.504 e. The Bertz CT molecular complexity index is 737. The van der Waals surface area contributed by atoms with E-state index in [0.717, 1.165) is 22.2 Å². The lowest BCUT2D eigenvalue weighted by atomic mass is 10.1. The molecule has 102 valence electrons. The second-order valence-electron chi connectivity index (χ2n) is 4.50. The summed E-state index contributed by atoms with van der Waals surface area (Å²) in [6, 6.07) is 11.3. The van der Waals surface area contributed by atoms with Gasteiger partial charge in [0.05, 0.1) is 18.8 Å². The SMILES string of the molecule is COc1cc(CNc2cccc3[nH]ncc23)ccc1O. The van der Waals surface area contributed by atoms with Crippen molar-refractivity contribution in [3.05, 3.63) is 48.2 Å². The molecule has 0 atom stereocenters. The van der Waals surface area contributed by atoms with E-state index >= 15 is 0 Å². The third-order valence-corrected chi connectivity index (χ3v) is 3.21. The van der Waals surface area contributed by atoms with Crippen LogP contribution in [0.3, 0.4) is 0 Å². The summed E-state index contributed by atoms with van der Waals surface area (Å²) in [6.45, 7) is 0.640. The average molecular weight is 269 g/mol. The van der Waals surface area contributed by atoms with Gasteiger partial charge in [-0.25, -0.2) is 0 Å². The van der Waals surface area contributed by atoms with Crippen molar-refractivity contribution in [2.75, 3.05) is 12.4 Å². The first kappa shape index (κ1) is 12.3. The van der Waals surface area contributed by atoms with Crippen LogP contribution in [0.25, 0.3) is 10.9 Å². The number of nitrogens with one attached hydrogen (secondary N) is 2. The van der Waals surface area contributed by atoms with E-state index in [9.17, 15) is 5.11 Å². The van der Waals surface area contributed by atoms with Crippen LogP contribution in [0.5, 0.6) is 11.5 Å². The van der Waals surface area contributed by atoms with Crippen LogP contribution in [0.15, 0.2) is 42.6 Å². The number of hydrogen-bond donors (Lipinski definition) is 3. The minimum atomic E-state index is 0.146. The van der Waals surface area contributed by atoms with Gasteiger partial charge in [-0.15, -0.1) is 0 Å². The van der Waals surface area contributed by atoms with Gasteiger partial charge in [-0.3, -0.25) is 5.10 Å². The molecule has 0 amide bonds. The molecule has 3 aromatic rings. The summed E-state index contributed by atoms with van der Waals surface area (Å²) in [5.74, 6) is 0.624. The molecular formula is C15H15N3O2. The van der Waals surface area contributed by atoms with E-state index in [1.807, 2.05) is 30.3 Å². The van der Waals surface area contributed by atoms with Crippen LogP contribution in [-0.4, -0.2) is 22.4 Å². The van der Waals surface area contributed by atoms with Gasteiger partial charge in [0, 0.05) is 17.6 Å². The lowest BCUT2D eigenvalue weighted by molar-refractivity contribution is 0.373. The summed E-state index contributed by atoms with van der Waals surface area (Å²) >= 11 is 0. The molecule has 1 aromatic heterocycles. The number of aromatic nitrogens is 2. The second kappa shape index (κ2) is 5.13. The molecule has 0 aliphatic heterocycles. The maximum Gasteiger partial charge on any atom is 0.160 e. The highest BCUT2D eigenvalue weighted by atomic mass is 16.5. The number of rotatable bonds is 4. The molecule has 1 heterocycles. The number of hydrogen-bond acceptors (Lipinski definition) is 4. The van der Waals surface area contributed by atoms with Crippen LogP contribution < -0.4 is 10.1 Å². The third kappa shape index (κ3) is 2.25.